The number of nitrogens with zero attached hydrogens (tertiary/aromatic N) is 3. The van der Waals surface area contributed by atoms with E-state index < -0.39 is 0 Å². The monoisotopic (exact) mass is 476 g/mol. The van der Waals surface area contributed by atoms with E-state index in [1.807, 2.05) is 17.0 Å². The first-order chi connectivity index (χ1) is 12.1. The van der Waals surface area contributed by atoms with Crippen molar-refractivity contribution in [3.8, 4) is 0 Å². The van der Waals surface area contributed by atoms with E-state index in [2.05, 4.69) is 9.89 Å². The second-order valence-corrected chi connectivity index (χ2v) is 7.08. The highest BCUT2D eigenvalue weighted by Crippen LogP contribution is 2.24. The smallest absolute Gasteiger partial charge is 0.191 e. The molecule has 7 heteroatoms. The molecule has 3 rings (SSSR count). The quantitative estimate of drug-likeness (QED) is 0.400. The Kier molecular flexibility index (Phi) is 8.40. The van der Waals surface area contributed by atoms with Crippen molar-refractivity contribution in [2.75, 3.05) is 31.1 Å². The molecule has 0 aliphatic carbocycles. The molecule has 1 aromatic rings. The molecule has 2 aliphatic rings. The third-order valence-electron chi connectivity index (χ3n) is 5.17. The van der Waals surface area contributed by atoms with E-state index in [4.69, 9.17) is 5.73 Å². The van der Waals surface area contributed by atoms with Gasteiger partial charge in [0.15, 0.2) is 5.96 Å². The van der Waals surface area contributed by atoms with Crippen LogP contribution in [0.15, 0.2) is 23.2 Å². The highest BCUT2D eigenvalue weighted by molar-refractivity contribution is 14.0. The number of aliphatic imine (C=N–C) groups is 1. The average molecular weight is 476 g/mol. The zero-order chi connectivity index (χ0) is 17.6. The van der Waals surface area contributed by atoms with Crippen LogP contribution in [0.25, 0.3) is 0 Å². The minimum atomic E-state index is -0.255. The van der Waals surface area contributed by atoms with Crippen LogP contribution in [0.5, 0.6) is 0 Å². The lowest BCUT2D eigenvalue weighted by molar-refractivity contribution is 0.145. The van der Waals surface area contributed by atoms with Crippen molar-refractivity contribution in [1.29, 1.82) is 0 Å². The summed E-state index contributed by atoms with van der Waals surface area (Å²) in [6.45, 7) is 3.71. The number of rotatable bonds is 3. The SMILES string of the molecule is I.NC(=NCc1ccc(N2CCC(O)CC2)c(F)c1)N1CCCCCC1. The molecule has 1 aromatic carbocycles. The van der Waals surface area contributed by atoms with Crippen molar-refractivity contribution >= 4 is 35.6 Å². The van der Waals surface area contributed by atoms with E-state index in [0.29, 0.717) is 44.1 Å². The topological polar surface area (TPSA) is 65.1 Å². The molecule has 2 fully saturated rings. The molecule has 2 aliphatic heterocycles. The highest BCUT2D eigenvalue weighted by Gasteiger charge is 2.19. The van der Waals surface area contributed by atoms with Crippen molar-refractivity contribution in [1.82, 2.24) is 4.90 Å². The van der Waals surface area contributed by atoms with Gasteiger partial charge in [0.05, 0.1) is 18.3 Å². The van der Waals surface area contributed by atoms with Crippen LogP contribution < -0.4 is 10.6 Å². The van der Waals surface area contributed by atoms with Crippen molar-refractivity contribution in [2.45, 2.75) is 51.2 Å². The van der Waals surface area contributed by atoms with Gasteiger partial charge in [-0.25, -0.2) is 9.38 Å². The van der Waals surface area contributed by atoms with Gasteiger partial charge in [-0.1, -0.05) is 18.9 Å². The fourth-order valence-corrected chi connectivity index (χ4v) is 3.58. The number of benzene rings is 1. The maximum Gasteiger partial charge on any atom is 0.191 e. The van der Waals surface area contributed by atoms with E-state index in [1.54, 1.807) is 6.07 Å². The van der Waals surface area contributed by atoms with E-state index >= 15 is 0 Å². The summed E-state index contributed by atoms with van der Waals surface area (Å²) >= 11 is 0. The Hall–Kier alpha value is -1.09. The summed E-state index contributed by atoms with van der Waals surface area (Å²) in [5.41, 5.74) is 7.55. The molecule has 0 amide bonds. The van der Waals surface area contributed by atoms with Gasteiger partial charge in [-0.15, -0.1) is 24.0 Å². The van der Waals surface area contributed by atoms with Crippen LogP contribution in [0.3, 0.4) is 0 Å². The molecule has 146 valence electrons. The summed E-state index contributed by atoms with van der Waals surface area (Å²) in [4.78, 5) is 8.60. The van der Waals surface area contributed by atoms with E-state index in [1.165, 1.54) is 12.8 Å². The second-order valence-electron chi connectivity index (χ2n) is 7.08. The Morgan fingerprint density at radius 2 is 1.77 bits per heavy atom. The van der Waals surface area contributed by atoms with Crippen LogP contribution in [-0.2, 0) is 6.54 Å². The lowest BCUT2D eigenvalue weighted by Crippen LogP contribution is -2.38. The minimum Gasteiger partial charge on any atom is -0.393 e. The number of piperidine rings is 1. The molecule has 0 saturated carbocycles. The van der Waals surface area contributed by atoms with Crippen molar-refractivity contribution < 1.29 is 9.50 Å². The van der Waals surface area contributed by atoms with Gasteiger partial charge in [0.25, 0.3) is 0 Å². The molecule has 2 saturated heterocycles. The molecule has 2 heterocycles. The maximum absolute atomic E-state index is 14.5. The number of anilines is 1. The van der Waals surface area contributed by atoms with Crippen LogP contribution in [0.1, 0.15) is 44.1 Å². The standard InChI is InChI=1S/C19H29FN4O.HI/c20-17-13-15(5-6-18(17)23-11-7-16(25)8-12-23)14-22-19(21)24-9-3-1-2-4-10-24;/h5-6,13,16,25H,1-4,7-12,14H2,(H2,21,22);1H. The van der Waals surface area contributed by atoms with Gasteiger partial charge < -0.3 is 20.6 Å². The first-order valence-corrected chi connectivity index (χ1v) is 9.40. The van der Waals surface area contributed by atoms with E-state index in [9.17, 15) is 9.50 Å². The molecule has 0 unspecified atom stereocenters. The summed E-state index contributed by atoms with van der Waals surface area (Å²) < 4.78 is 14.5. The van der Waals surface area contributed by atoms with Crippen LogP contribution >= 0.6 is 24.0 Å². The van der Waals surface area contributed by atoms with Gasteiger partial charge in [0, 0.05) is 26.2 Å². The van der Waals surface area contributed by atoms with Gasteiger partial charge in [-0.3, -0.25) is 0 Å². The number of guanidine groups is 1. The number of halogens is 2. The Labute approximate surface area is 172 Å². The van der Waals surface area contributed by atoms with Crippen molar-refractivity contribution in [3.63, 3.8) is 0 Å². The number of aliphatic hydroxyl groups excluding tert-OH is 1. The molecule has 0 atom stereocenters. The summed E-state index contributed by atoms with van der Waals surface area (Å²) in [5.74, 6) is 0.342. The average Bonchev–Trinajstić information content (AvgIpc) is 2.90. The number of hydrogen-bond donors (Lipinski definition) is 2. The lowest BCUT2D eigenvalue weighted by atomic mass is 10.1. The molecule has 0 aromatic heterocycles. The van der Waals surface area contributed by atoms with Gasteiger partial charge in [-0.05, 0) is 43.4 Å². The predicted octanol–water partition coefficient (Wildman–Crippen LogP) is 3.10. The fraction of sp³-hybridized carbons (Fsp3) is 0.632. The zero-order valence-electron chi connectivity index (χ0n) is 15.2. The molecule has 26 heavy (non-hydrogen) atoms. The Bertz CT molecular complexity index is 597. The Morgan fingerprint density at radius 1 is 1.12 bits per heavy atom. The molecule has 3 N–H and O–H groups in total. The summed E-state index contributed by atoms with van der Waals surface area (Å²) in [6.07, 6.45) is 5.95. The minimum absolute atomic E-state index is 0. The molecule has 5 nitrogen and oxygen atoms in total. The van der Waals surface area contributed by atoms with E-state index in [0.717, 1.165) is 31.5 Å². The number of nitrogens with two attached hydrogens (primary N) is 1. The molecule has 0 spiro atoms. The number of hydrogen-bond acceptors (Lipinski definition) is 3. The van der Waals surface area contributed by atoms with Crippen LogP contribution in [0.4, 0.5) is 10.1 Å². The first-order valence-electron chi connectivity index (χ1n) is 9.40. The number of likely N-dealkylation sites (tertiary alicyclic amines) is 1. The summed E-state index contributed by atoms with van der Waals surface area (Å²) in [7, 11) is 0. The van der Waals surface area contributed by atoms with Gasteiger partial charge in [0.1, 0.15) is 5.82 Å². The fourth-order valence-electron chi connectivity index (χ4n) is 3.58. The van der Waals surface area contributed by atoms with E-state index in [-0.39, 0.29) is 35.9 Å². The van der Waals surface area contributed by atoms with Crippen molar-refractivity contribution in [2.24, 2.45) is 10.7 Å². The zero-order valence-corrected chi connectivity index (χ0v) is 17.6. The maximum atomic E-state index is 14.5. The molecular weight excluding hydrogens is 446 g/mol. The third kappa shape index (κ3) is 5.70. The Balaban J connectivity index is 0.00000243. The van der Waals surface area contributed by atoms with Crippen LogP contribution in [0, 0.1) is 5.82 Å². The molecule has 0 bridgehead atoms. The first kappa shape index (κ1) is 21.2. The summed E-state index contributed by atoms with van der Waals surface area (Å²) in [5, 5.41) is 9.58. The highest BCUT2D eigenvalue weighted by atomic mass is 127. The third-order valence-corrected chi connectivity index (χ3v) is 5.17. The van der Waals surface area contributed by atoms with Crippen LogP contribution in [-0.4, -0.2) is 48.2 Å². The van der Waals surface area contributed by atoms with Crippen LogP contribution in [0.2, 0.25) is 0 Å². The molecular formula is C19H30FIN4O. The van der Waals surface area contributed by atoms with Gasteiger partial charge >= 0.3 is 0 Å². The normalized spacial score (nSPS) is 19.8. The Morgan fingerprint density at radius 3 is 2.38 bits per heavy atom. The number of aliphatic hydroxyl groups is 1. The molecule has 0 radical (unpaired) electrons. The summed E-state index contributed by atoms with van der Waals surface area (Å²) in [6, 6.07) is 5.29. The second kappa shape index (κ2) is 10.3. The van der Waals surface area contributed by atoms with Crippen molar-refractivity contribution in [3.05, 3.63) is 29.6 Å². The lowest BCUT2D eigenvalue weighted by Gasteiger charge is -2.31. The van der Waals surface area contributed by atoms with Gasteiger partial charge in [0.2, 0.25) is 0 Å². The van der Waals surface area contributed by atoms with Gasteiger partial charge in [-0.2, -0.15) is 0 Å². The predicted molar refractivity (Wildman–Crippen MR) is 115 cm³/mol. The largest absolute Gasteiger partial charge is 0.393 e.